The van der Waals surface area contributed by atoms with Gasteiger partial charge in [0.1, 0.15) is 5.60 Å². The van der Waals surface area contributed by atoms with E-state index < -0.39 is 11.8 Å². The van der Waals surface area contributed by atoms with Crippen molar-refractivity contribution >= 4 is 37.2 Å². The third-order valence-corrected chi connectivity index (χ3v) is 3.92. The van der Waals surface area contributed by atoms with E-state index in [0.717, 1.165) is 11.1 Å². The van der Waals surface area contributed by atoms with Crippen LogP contribution in [0.3, 0.4) is 0 Å². The van der Waals surface area contributed by atoms with Crippen LogP contribution in [0.5, 0.6) is 0 Å². The van der Waals surface area contributed by atoms with Crippen molar-refractivity contribution in [1.82, 2.24) is 4.98 Å². The normalized spacial score (nSPS) is 9.11. The Balaban J connectivity index is -0.000000431. The number of pyridine rings is 1. The number of aromatic nitrogens is 1. The molecule has 4 aromatic rings. The van der Waals surface area contributed by atoms with Crippen molar-refractivity contribution in [2.45, 2.75) is 40.4 Å². The average molecular weight is 684 g/mol. The van der Waals surface area contributed by atoms with Gasteiger partial charge in [0.25, 0.3) is 0 Å². The van der Waals surface area contributed by atoms with Crippen LogP contribution in [-0.4, -0.2) is 27.0 Å². The van der Waals surface area contributed by atoms with Crippen molar-refractivity contribution in [3.8, 4) is 0 Å². The smallest absolute Gasteiger partial charge is 0.0708 e. The predicted molar refractivity (Wildman–Crippen MR) is 144 cm³/mol. The number of ether oxygens (including phenoxy) is 1. The minimum absolute atomic E-state index is 0. The topological polar surface area (TPSA) is 147 Å². The van der Waals surface area contributed by atoms with Gasteiger partial charge in [-0.25, -0.2) is 4.79 Å². The van der Waals surface area contributed by atoms with E-state index in [2.05, 4.69) is 49.5 Å². The number of nitrogens with zero attached hydrogens (tertiary/aromatic N) is 1. The quantitative estimate of drug-likeness (QED) is 0.152. The zero-order valence-electron chi connectivity index (χ0n) is 19.3. The van der Waals surface area contributed by atoms with Crippen molar-refractivity contribution in [3.63, 3.8) is 0 Å². The second-order valence-electron chi connectivity index (χ2n) is 7.49. The van der Waals surface area contributed by atoms with Crippen LogP contribution in [0.25, 0.3) is 34.0 Å². The van der Waals surface area contributed by atoms with Crippen LogP contribution in [0, 0.1) is 0 Å². The van der Waals surface area contributed by atoms with Crippen molar-refractivity contribution in [2.24, 2.45) is 0 Å². The number of aliphatic hydroxyl groups is 1. The molecule has 9 heteroatoms. The van der Waals surface area contributed by atoms with E-state index in [1.54, 1.807) is 39.5 Å². The summed E-state index contributed by atoms with van der Waals surface area (Å²) >= 11 is 1.61. The molecule has 6 N–H and O–H groups in total. The Labute approximate surface area is 223 Å². The average Bonchev–Trinajstić information content (AvgIpc) is 2.80. The molecule has 0 aliphatic carbocycles. The molecule has 0 fully saturated rings. The minimum atomic E-state index is -1.22. The Morgan fingerprint density at radius 1 is 0.886 bits per heavy atom. The zero-order valence-corrected chi connectivity index (χ0v) is 22.3. The van der Waals surface area contributed by atoms with Crippen LogP contribution in [-0.2, 0) is 30.1 Å². The Morgan fingerprint density at radius 2 is 1.37 bits per heavy atom. The second-order valence-corrected chi connectivity index (χ2v) is 7.49. The number of hydrogen-bond acceptors (Lipinski definition) is 4. The fraction of sp³-hybridized carbons (Fsp3) is 0.231. The van der Waals surface area contributed by atoms with Crippen LogP contribution in [0.2, 0.25) is 0 Å². The molecule has 4 rings (SSSR count). The van der Waals surface area contributed by atoms with Gasteiger partial charge >= 0.3 is 34.3 Å². The van der Waals surface area contributed by atoms with Crippen LogP contribution in [0.4, 0.5) is 4.79 Å². The standard InChI is InChI=1S/C13H9N.C7H8O.C5H10O3.CH4.ClH.2H2N.Pt/c1-2-6-11-10(5-1)9-14-13-8-4-3-7-12(11)13;8-6-7-4-2-1-3-5-7;1-5(2,3)8-4(6)7;;;;;/h1-9H;1-5,8H,6H2;1-3H3,(H,6,7);1H4;1H;2*1H2;/q;;;;;2*-1;+1/p-1. The van der Waals surface area contributed by atoms with Gasteiger partial charge in [0.2, 0.25) is 0 Å². The van der Waals surface area contributed by atoms with E-state index in [9.17, 15) is 4.79 Å². The third kappa shape index (κ3) is 14.5. The summed E-state index contributed by atoms with van der Waals surface area (Å²) < 4.78 is 4.35. The summed E-state index contributed by atoms with van der Waals surface area (Å²) in [4.78, 5) is 14.2. The number of carboxylic acid groups (broad SMARTS) is 1. The first-order valence-corrected chi connectivity index (χ1v) is 12.5. The number of hydrogen-bond donors (Lipinski definition) is 2. The van der Waals surface area contributed by atoms with Gasteiger partial charge < -0.3 is 27.3 Å². The molecule has 0 bridgehead atoms. The number of fused-ring (bicyclic) bond motifs is 3. The summed E-state index contributed by atoms with van der Waals surface area (Å²) in [5.74, 6) is 0. The van der Waals surface area contributed by atoms with Crippen LogP contribution in [0.1, 0.15) is 33.8 Å². The number of nitrogens with two attached hydrogens (primary N) is 2. The van der Waals surface area contributed by atoms with E-state index in [-0.39, 0.29) is 26.3 Å². The molecule has 0 saturated heterocycles. The van der Waals surface area contributed by atoms with Crippen LogP contribution in [0.15, 0.2) is 85.1 Å². The summed E-state index contributed by atoms with van der Waals surface area (Å²) in [7, 11) is 4.61. The maximum atomic E-state index is 9.79. The van der Waals surface area contributed by atoms with Gasteiger partial charge in [0.05, 0.1) is 12.1 Å². The van der Waals surface area contributed by atoms with Gasteiger partial charge in [-0.3, -0.25) is 4.98 Å². The van der Waals surface area contributed by atoms with Gasteiger partial charge in [-0.1, -0.05) is 80.2 Å². The zero-order chi connectivity index (χ0) is 24.0. The molecule has 35 heavy (non-hydrogen) atoms. The van der Waals surface area contributed by atoms with E-state index in [4.69, 9.17) is 10.2 Å². The third-order valence-electron chi connectivity index (χ3n) is 3.92. The van der Waals surface area contributed by atoms with E-state index in [1.807, 2.05) is 54.7 Å². The van der Waals surface area contributed by atoms with Crippen LogP contribution >= 0.6 is 9.42 Å². The second kappa shape index (κ2) is 19.7. The molecule has 7 nitrogen and oxygen atoms in total. The first kappa shape index (κ1) is 37.0. The molecule has 0 radical (unpaired) electrons. The van der Waals surface area contributed by atoms with Gasteiger partial charge in [0.15, 0.2) is 0 Å². The first-order chi connectivity index (χ1) is 15.3. The number of carbonyl (C=O) groups is 1. The largest absolute Gasteiger partial charge is 0.693 e. The summed E-state index contributed by atoms with van der Waals surface area (Å²) in [6, 6.07) is 26.1. The molecule has 0 aliphatic rings. The molecule has 197 valence electrons. The minimum Gasteiger partial charge on any atom is -0.693 e. The van der Waals surface area contributed by atoms with Crippen molar-refractivity contribution in [2.75, 3.05) is 0 Å². The molecule has 3 aromatic carbocycles. The first-order valence-electron chi connectivity index (χ1n) is 9.71. The molecular formula is C26H35ClN3O4Pt-2. The number of halogens is 1. The summed E-state index contributed by atoms with van der Waals surface area (Å²) in [5.41, 5.74) is 1.45. The number of rotatable bonds is 1. The number of benzene rings is 3. The SMILES string of the molecule is C.CC(C)(C)OC(=O)O.OCc1ccccc1.[Cl][Pt].[NH2-].[NH2-].c1ccc2c(c1)cnc1ccccc12. The van der Waals surface area contributed by atoms with Gasteiger partial charge in [-0.15, -0.1) is 0 Å². The summed E-state index contributed by atoms with van der Waals surface area (Å²) in [6.07, 6.45) is 0.704. The van der Waals surface area contributed by atoms with Crippen molar-refractivity contribution in [3.05, 3.63) is 103 Å². The Hall–Kier alpha value is -2.54. The number of para-hydroxylation sites is 1. The molecule has 0 unspecified atom stereocenters. The molecule has 1 heterocycles. The molecule has 0 spiro atoms. The van der Waals surface area contributed by atoms with Crippen molar-refractivity contribution < 1.29 is 38.5 Å². The Bertz CT molecular complexity index is 1040. The summed E-state index contributed by atoms with van der Waals surface area (Å²) in [6.45, 7) is 5.18. The molecule has 1 aromatic heterocycles. The molecule has 0 saturated carbocycles. The predicted octanol–water partition coefficient (Wildman–Crippen LogP) is 8.80. The maximum Gasteiger partial charge on any atom is 0.0708 e. The van der Waals surface area contributed by atoms with Gasteiger partial charge in [0, 0.05) is 17.0 Å². The van der Waals surface area contributed by atoms with E-state index >= 15 is 0 Å². The molecule has 0 amide bonds. The fourth-order valence-electron chi connectivity index (χ4n) is 2.65. The maximum absolute atomic E-state index is 9.79. The Morgan fingerprint density at radius 3 is 1.83 bits per heavy atom. The van der Waals surface area contributed by atoms with E-state index in [0.29, 0.717) is 0 Å². The summed E-state index contributed by atoms with van der Waals surface area (Å²) in [5, 5.41) is 20.3. The Kier molecular flexibility index (Phi) is 20.9. The van der Waals surface area contributed by atoms with Gasteiger partial charge in [-0.05, 0) is 37.8 Å². The van der Waals surface area contributed by atoms with Crippen molar-refractivity contribution in [1.29, 1.82) is 0 Å². The van der Waals surface area contributed by atoms with Crippen LogP contribution < -0.4 is 0 Å². The molecule has 0 atom stereocenters. The van der Waals surface area contributed by atoms with E-state index in [1.165, 1.54) is 16.2 Å². The number of aliphatic hydroxyl groups excluding tert-OH is 1. The molecular weight excluding hydrogens is 649 g/mol. The monoisotopic (exact) mass is 683 g/mol. The fourth-order valence-corrected chi connectivity index (χ4v) is 2.65. The van der Waals surface area contributed by atoms with Gasteiger partial charge in [-0.2, -0.15) is 0 Å². The molecule has 0 aliphatic heterocycles.